The Morgan fingerprint density at radius 1 is 1.47 bits per heavy atom. The fraction of sp³-hybridized carbons (Fsp3) is 0.273. The average molecular weight is 254 g/mol. The molecule has 0 aliphatic rings. The van der Waals surface area contributed by atoms with Gasteiger partial charge in [-0.2, -0.15) is 4.98 Å². The molecular weight excluding hydrogens is 242 g/mol. The molecule has 17 heavy (non-hydrogen) atoms. The van der Waals surface area contributed by atoms with Gasteiger partial charge in [0.15, 0.2) is 0 Å². The molecule has 0 unspecified atom stereocenters. The first kappa shape index (κ1) is 11.9. The Kier molecular flexibility index (Phi) is 3.31. The molecule has 2 rings (SSSR count). The molecule has 0 atom stereocenters. The molecule has 0 saturated carbocycles. The quantitative estimate of drug-likeness (QED) is 0.907. The molecule has 0 saturated heterocycles. The molecule has 2 aromatic rings. The van der Waals surface area contributed by atoms with Gasteiger partial charge in [0.1, 0.15) is 5.75 Å². The molecule has 0 aliphatic heterocycles. The Morgan fingerprint density at radius 3 is 2.82 bits per heavy atom. The van der Waals surface area contributed by atoms with Crippen LogP contribution in [0.5, 0.6) is 5.75 Å². The summed E-state index contributed by atoms with van der Waals surface area (Å²) < 4.78 is 10.2. The Morgan fingerprint density at radius 2 is 2.24 bits per heavy atom. The maximum absolute atomic E-state index is 6.09. The van der Waals surface area contributed by atoms with Gasteiger partial charge in [-0.3, -0.25) is 0 Å². The Bertz CT molecular complexity index is 540. The van der Waals surface area contributed by atoms with Gasteiger partial charge >= 0.3 is 0 Å². The van der Waals surface area contributed by atoms with Gasteiger partial charge < -0.3 is 15.0 Å². The van der Waals surface area contributed by atoms with Crippen LogP contribution in [-0.4, -0.2) is 17.3 Å². The largest absolute Gasteiger partial charge is 0.494 e. The van der Waals surface area contributed by atoms with E-state index in [9.17, 15) is 0 Å². The van der Waals surface area contributed by atoms with E-state index in [1.165, 1.54) is 0 Å². The molecule has 0 radical (unpaired) electrons. The average Bonchev–Trinajstić information content (AvgIpc) is 2.76. The van der Waals surface area contributed by atoms with Crippen LogP contribution in [0.1, 0.15) is 11.5 Å². The summed E-state index contributed by atoms with van der Waals surface area (Å²) in [6.07, 6.45) is 0. The third-order valence-corrected chi connectivity index (χ3v) is 2.56. The zero-order valence-corrected chi connectivity index (χ0v) is 10.3. The molecule has 2 N–H and O–H groups in total. The third-order valence-electron chi connectivity index (χ3n) is 2.28. The van der Waals surface area contributed by atoms with E-state index in [-0.39, 0.29) is 6.54 Å². The number of methoxy groups -OCH3 is 1. The highest BCUT2D eigenvalue weighted by molar-refractivity contribution is 6.32. The van der Waals surface area contributed by atoms with Crippen LogP contribution >= 0.6 is 11.6 Å². The van der Waals surface area contributed by atoms with Gasteiger partial charge in [-0.25, -0.2) is 0 Å². The lowest BCUT2D eigenvalue weighted by Crippen LogP contribution is -1.96. The molecule has 5 nitrogen and oxygen atoms in total. The van der Waals surface area contributed by atoms with Crippen LogP contribution in [0.15, 0.2) is 16.7 Å². The summed E-state index contributed by atoms with van der Waals surface area (Å²) >= 11 is 6.09. The topological polar surface area (TPSA) is 74.2 Å². The van der Waals surface area contributed by atoms with Gasteiger partial charge in [0.25, 0.3) is 0 Å². The van der Waals surface area contributed by atoms with E-state index < -0.39 is 0 Å². The van der Waals surface area contributed by atoms with Crippen molar-refractivity contribution in [2.45, 2.75) is 13.5 Å². The maximum Gasteiger partial charge on any atom is 0.240 e. The molecule has 0 bridgehead atoms. The Labute approximate surface area is 104 Å². The number of aryl methyl sites for hydroxylation is 1. The minimum Gasteiger partial charge on any atom is -0.494 e. The summed E-state index contributed by atoms with van der Waals surface area (Å²) in [6.45, 7) is 2.13. The predicted octanol–water partition coefficient (Wildman–Crippen LogP) is 2.17. The highest BCUT2D eigenvalue weighted by Crippen LogP contribution is 2.35. The molecule has 0 fully saturated rings. The SMILES string of the molecule is COc1c(Cl)cc(C)cc1-c1noc(CN)n1. The van der Waals surface area contributed by atoms with Crippen molar-refractivity contribution in [3.05, 3.63) is 28.6 Å². The normalized spacial score (nSPS) is 10.6. The zero-order chi connectivity index (χ0) is 12.4. The van der Waals surface area contributed by atoms with E-state index in [0.717, 1.165) is 5.56 Å². The molecule has 6 heteroatoms. The van der Waals surface area contributed by atoms with Crippen molar-refractivity contribution in [2.24, 2.45) is 5.73 Å². The third kappa shape index (κ3) is 2.25. The van der Waals surface area contributed by atoms with Gasteiger partial charge in [-0.15, -0.1) is 0 Å². The second-order valence-electron chi connectivity index (χ2n) is 3.54. The zero-order valence-electron chi connectivity index (χ0n) is 9.53. The number of nitrogens with two attached hydrogens (primary N) is 1. The lowest BCUT2D eigenvalue weighted by atomic mass is 10.1. The molecule has 0 spiro atoms. The number of ether oxygens (including phenoxy) is 1. The van der Waals surface area contributed by atoms with Gasteiger partial charge in [-0.1, -0.05) is 16.8 Å². The number of halogens is 1. The van der Waals surface area contributed by atoms with Gasteiger partial charge in [0, 0.05) is 0 Å². The number of hydrogen-bond acceptors (Lipinski definition) is 5. The first-order chi connectivity index (χ1) is 8.15. The van der Waals surface area contributed by atoms with Crippen molar-refractivity contribution < 1.29 is 9.26 Å². The molecule has 1 aromatic heterocycles. The van der Waals surface area contributed by atoms with Crippen molar-refractivity contribution in [3.63, 3.8) is 0 Å². The van der Waals surface area contributed by atoms with Crippen molar-refractivity contribution in [1.82, 2.24) is 10.1 Å². The number of aromatic nitrogens is 2. The molecule has 1 aromatic carbocycles. The van der Waals surface area contributed by atoms with E-state index in [1.54, 1.807) is 7.11 Å². The summed E-state index contributed by atoms with van der Waals surface area (Å²) in [7, 11) is 1.55. The minimum absolute atomic E-state index is 0.203. The van der Waals surface area contributed by atoms with E-state index in [2.05, 4.69) is 10.1 Å². The summed E-state index contributed by atoms with van der Waals surface area (Å²) in [5.41, 5.74) is 7.10. The van der Waals surface area contributed by atoms with Gasteiger partial charge in [-0.05, 0) is 24.6 Å². The fourth-order valence-corrected chi connectivity index (χ4v) is 1.90. The second kappa shape index (κ2) is 4.73. The predicted molar refractivity (Wildman–Crippen MR) is 63.9 cm³/mol. The molecule has 90 valence electrons. The maximum atomic E-state index is 6.09. The number of hydrogen-bond donors (Lipinski definition) is 1. The fourth-order valence-electron chi connectivity index (χ4n) is 1.55. The van der Waals surface area contributed by atoms with E-state index in [0.29, 0.717) is 28.1 Å². The monoisotopic (exact) mass is 253 g/mol. The van der Waals surface area contributed by atoms with Crippen molar-refractivity contribution in [2.75, 3.05) is 7.11 Å². The van der Waals surface area contributed by atoms with Crippen LogP contribution in [0.4, 0.5) is 0 Å². The highest BCUT2D eigenvalue weighted by atomic mass is 35.5. The number of rotatable bonds is 3. The molecule has 0 amide bonds. The van der Waals surface area contributed by atoms with Crippen LogP contribution in [0, 0.1) is 6.92 Å². The minimum atomic E-state index is 0.203. The summed E-state index contributed by atoms with van der Waals surface area (Å²) in [5.74, 6) is 1.33. The van der Waals surface area contributed by atoms with Crippen LogP contribution in [0.3, 0.4) is 0 Å². The summed E-state index contributed by atoms with van der Waals surface area (Å²) in [5, 5.41) is 4.36. The van der Waals surface area contributed by atoms with E-state index >= 15 is 0 Å². The van der Waals surface area contributed by atoms with Crippen LogP contribution in [-0.2, 0) is 6.54 Å². The van der Waals surface area contributed by atoms with Crippen LogP contribution < -0.4 is 10.5 Å². The first-order valence-electron chi connectivity index (χ1n) is 5.03. The van der Waals surface area contributed by atoms with Crippen LogP contribution in [0.2, 0.25) is 5.02 Å². The second-order valence-corrected chi connectivity index (χ2v) is 3.95. The molecule has 1 heterocycles. The smallest absolute Gasteiger partial charge is 0.240 e. The lowest BCUT2D eigenvalue weighted by molar-refractivity contribution is 0.380. The van der Waals surface area contributed by atoms with E-state index in [4.69, 9.17) is 26.6 Å². The van der Waals surface area contributed by atoms with Gasteiger partial charge in [0.05, 0.1) is 24.2 Å². The van der Waals surface area contributed by atoms with Crippen molar-refractivity contribution >= 4 is 11.6 Å². The molecular formula is C11H12ClN3O2. The first-order valence-corrected chi connectivity index (χ1v) is 5.40. The number of nitrogens with zero attached hydrogens (tertiary/aromatic N) is 2. The van der Waals surface area contributed by atoms with Crippen molar-refractivity contribution in [1.29, 1.82) is 0 Å². The summed E-state index contributed by atoms with van der Waals surface area (Å²) in [6, 6.07) is 3.70. The van der Waals surface area contributed by atoms with E-state index in [1.807, 2.05) is 19.1 Å². The summed E-state index contributed by atoms with van der Waals surface area (Å²) in [4.78, 5) is 4.15. The lowest BCUT2D eigenvalue weighted by Gasteiger charge is -2.08. The van der Waals surface area contributed by atoms with Crippen LogP contribution in [0.25, 0.3) is 11.4 Å². The highest BCUT2D eigenvalue weighted by Gasteiger charge is 2.16. The van der Waals surface area contributed by atoms with Crippen molar-refractivity contribution in [3.8, 4) is 17.1 Å². The Balaban J connectivity index is 2.57. The Hall–Kier alpha value is -1.59. The standard InChI is InChI=1S/C11H12ClN3O2/c1-6-3-7(10(16-2)8(12)4-6)11-14-9(5-13)17-15-11/h3-4H,5,13H2,1-2H3. The van der Waals surface area contributed by atoms with Gasteiger partial charge in [0.2, 0.25) is 11.7 Å². The number of benzene rings is 1. The molecule has 0 aliphatic carbocycles.